The molecule has 6 nitrogen and oxygen atoms in total. The molecule has 108 valence electrons. The summed E-state index contributed by atoms with van der Waals surface area (Å²) in [6.07, 6.45) is 1.80. The predicted octanol–water partition coefficient (Wildman–Crippen LogP) is 0.517. The highest BCUT2D eigenvalue weighted by Crippen LogP contribution is 2.30. The Labute approximate surface area is 117 Å². The van der Waals surface area contributed by atoms with E-state index in [1.807, 2.05) is 6.07 Å². The zero-order chi connectivity index (χ0) is 14.4. The molecular weight excluding hydrogens is 263 g/mol. The molecule has 0 saturated carbocycles. The largest absolute Gasteiger partial charge is 0.487 e. The third-order valence-electron chi connectivity index (χ3n) is 2.84. The van der Waals surface area contributed by atoms with Crippen LogP contribution in [0.3, 0.4) is 0 Å². The third-order valence-corrected chi connectivity index (χ3v) is 2.84. The molecule has 0 saturated heterocycles. The second kappa shape index (κ2) is 7.30. The van der Waals surface area contributed by atoms with Gasteiger partial charge in [-0.25, -0.2) is 0 Å². The molecule has 20 heavy (non-hydrogen) atoms. The van der Waals surface area contributed by atoms with Gasteiger partial charge in [0.05, 0.1) is 19.5 Å². The average molecular weight is 280 g/mol. The summed E-state index contributed by atoms with van der Waals surface area (Å²) in [4.78, 5) is 0. The van der Waals surface area contributed by atoms with Gasteiger partial charge in [-0.1, -0.05) is 6.07 Å². The highest BCUT2D eigenvalue weighted by Gasteiger charge is 2.21. The van der Waals surface area contributed by atoms with E-state index >= 15 is 0 Å². The van der Waals surface area contributed by atoms with Crippen molar-refractivity contribution in [3.05, 3.63) is 35.5 Å². The Hall–Kier alpha value is -1.54. The van der Waals surface area contributed by atoms with E-state index in [1.165, 1.54) is 6.26 Å². The number of fused-ring (bicyclic) bond motifs is 1. The Morgan fingerprint density at radius 1 is 1.30 bits per heavy atom. The van der Waals surface area contributed by atoms with Crippen molar-refractivity contribution in [1.82, 2.24) is 0 Å². The van der Waals surface area contributed by atoms with Crippen LogP contribution in [-0.2, 0) is 15.9 Å². The van der Waals surface area contributed by atoms with Crippen LogP contribution in [-0.4, -0.2) is 44.3 Å². The fourth-order valence-corrected chi connectivity index (χ4v) is 1.74. The fraction of sp³-hybridized carbons (Fsp3) is 0.385. The molecule has 0 unspecified atom stereocenters. The Bertz CT molecular complexity index is 474. The van der Waals surface area contributed by atoms with E-state index in [0.29, 0.717) is 36.6 Å². The lowest BCUT2D eigenvalue weighted by Crippen LogP contribution is -2.20. The molecule has 0 spiro atoms. The van der Waals surface area contributed by atoms with Gasteiger partial charge < -0.3 is 29.0 Å². The number of methoxy groups -OCH3 is 1. The average Bonchev–Trinajstić information content (AvgIpc) is 2.46. The molecule has 0 aromatic heterocycles. The van der Waals surface area contributed by atoms with Gasteiger partial charge in [0, 0.05) is 13.2 Å². The second-order valence-electron chi connectivity index (χ2n) is 4.29. The monoisotopic (exact) mass is 280 g/mol. The second-order valence-corrected chi connectivity index (χ2v) is 4.29. The summed E-state index contributed by atoms with van der Waals surface area (Å²) >= 11 is 0. The van der Waals surface area contributed by atoms with Crippen molar-refractivity contribution in [3.8, 4) is 11.5 Å². The van der Waals surface area contributed by atoms with Crippen LogP contribution in [0.5, 0.6) is 11.5 Å². The molecule has 1 aromatic rings. The Kier molecular flexibility index (Phi) is 5.43. The SMILES string of the molecule is COCCOCOc1ccc2c(c1)OC=C(B(O)O)C2. The highest BCUT2D eigenvalue weighted by atomic mass is 16.7. The number of rotatable bonds is 7. The van der Waals surface area contributed by atoms with E-state index in [9.17, 15) is 0 Å². The van der Waals surface area contributed by atoms with E-state index in [0.717, 1.165) is 5.56 Å². The molecule has 0 atom stereocenters. The summed E-state index contributed by atoms with van der Waals surface area (Å²) in [6.45, 7) is 1.13. The van der Waals surface area contributed by atoms with Gasteiger partial charge in [-0.2, -0.15) is 0 Å². The summed E-state index contributed by atoms with van der Waals surface area (Å²) < 4.78 is 20.8. The van der Waals surface area contributed by atoms with Crippen molar-refractivity contribution >= 4 is 7.12 Å². The number of hydrogen-bond acceptors (Lipinski definition) is 6. The van der Waals surface area contributed by atoms with Crippen LogP contribution in [0.4, 0.5) is 0 Å². The molecule has 0 fully saturated rings. The normalized spacial score (nSPS) is 13.2. The van der Waals surface area contributed by atoms with Crippen molar-refractivity contribution in [2.75, 3.05) is 27.1 Å². The van der Waals surface area contributed by atoms with Crippen LogP contribution in [0, 0.1) is 0 Å². The van der Waals surface area contributed by atoms with Crippen LogP contribution < -0.4 is 9.47 Å². The van der Waals surface area contributed by atoms with Gasteiger partial charge in [-0.05, 0) is 23.5 Å². The number of hydrogen-bond donors (Lipinski definition) is 2. The molecule has 1 aliphatic rings. The predicted molar refractivity (Wildman–Crippen MR) is 72.4 cm³/mol. The standard InChI is InChI=1S/C13H17BO6/c1-17-4-5-18-9-20-12-3-2-10-6-11(14(15)16)8-19-13(10)7-12/h2-3,7-8,15-16H,4-6,9H2,1H3. The zero-order valence-electron chi connectivity index (χ0n) is 11.2. The molecule has 2 rings (SSSR count). The van der Waals surface area contributed by atoms with Crippen molar-refractivity contribution in [2.24, 2.45) is 0 Å². The van der Waals surface area contributed by atoms with Gasteiger partial charge in [-0.3, -0.25) is 0 Å². The minimum atomic E-state index is -1.49. The fourth-order valence-electron chi connectivity index (χ4n) is 1.74. The third kappa shape index (κ3) is 3.98. The van der Waals surface area contributed by atoms with E-state index in [4.69, 9.17) is 29.0 Å². The van der Waals surface area contributed by atoms with Crippen LogP contribution in [0.15, 0.2) is 29.9 Å². The van der Waals surface area contributed by atoms with Crippen molar-refractivity contribution in [1.29, 1.82) is 0 Å². The Balaban J connectivity index is 1.88. The summed E-state index contributed by atoms with van der Waals surface area (Å²) in [5.41, 5.74) is 1.30. The molecule has 1 heterocycles. The van der Waals surface area contributed by atoms with Crippen molar-refractivity contribution in [2.45, 2.75) is 6.42 Å². The first-order valence-corrected chi connectivity index (χ1v) is 6.25. The zero-order valence-corrected chi connectivity index (χ0v) is 11.2. The maximum absolute atomic E-state index is 9.10. The van der Waals surface area contributed by atoms with Gasteiger partial charge in [-0.15, -0.1) is 0 Å². The van der Waals surface area contributed by atoms with Crippen molar-refractivity contribution in [3.63, 3.8) is 0 Å². The maximum Gasteiger partial charge on any atom is 0.487 e. The first-order valence-electron chi connectivity index (χ1n) is 6.25. The summed E-state index contributed by atoms with van der Waals surface area (Å²) in [5.74, 6) is 1.27. The van der Waals surface area contributed by atoms with E-state index < -0.39 is 7.12 Å². The number of benzene rings is 1. The van der Waals surface area contributed by atoms with Gasteiger partial charge in [0.2, 0.25) is 0 Å². The minimum absolute atomic E-state index is 0.137. The molecule has 0 bridgehead atoms. The van der Waals surface area contributed by atoms with Gasteiger partial charge >= 0.3 is 7.12 Å². The summed E-state index contributed by atoms with van der Waals surface area (Å²) in [6, 6.07) is 5.36. The van der Waals surface area contributed by atoms with Gasteiger partial charge in [0.1, 0.15) is 11.5 Å². The lowest BCUT2D eigenvalue weighted by Gasteiger charge is -2.18. The number of ether oxygens (including phenoxy) is 4. The van der Waals surface area contributed by atoms with E-state index in [1.54, 1.807) is 19.2 Å². The molecule has 0 amide bonds. The summed E-state index contributed by atoms with van der Waals surface area (Å²) in [7, 11) is 0.115. The quantitative estimate of drug-likeness (QED) is 0.430. The molecular formula is C13H17BO6. The van der Waals surface area contributed by atoms with Crippen LogP contribution in [0.2, 0.25) is 0 Å². The lowest BCUT2D eigenvalue weighted by molar-refractivity contribution is -0.00853. The van der Waals surface area contributed by atoms with E-state index in [2.05, 4.69) is 0 Å². The molecule has 7 heteroatoms. The molecule has 0 aliphatic carbocycles. The van der Waals surface area contributed by atoms with Gasteiger partial charge in [0.25, 0.3) is 0 Å². The summed E-state index contributed by atoms with van der Waals surface area (Å²) in [5, 5.41) is 18.2. The molecule has 1 aromatic carbocycles. The lowest BCUT2D eigenvalue weighted by atomic mass is 9.76. The minimum Gasteiger partial charge on any atom is -0.467 e. The number of allylic oxidation sites excluding steroid dienone is 1. The Morgan fingerprint density at radius 2 is 2.15 bits per heavy atom. The highest BCUT2D eigenvalue weighted by molar-refractivity contribution is 6.50. The first-order chi connectivity index (χ1) is 9.70. The topological polar surface area (TPSA) is 77.4 Å². The smallest absolute Gasteiger partial charge is 0.467 e. The molecule has 0 radical (unpaired) electrons. The van der Waals surface area contributed by atoms with Crippen LogP contribution in [0.25, 0.3) is 0 Å². The maximum atomic E-state index is 9.10. The van der Waals surface area contributed by atoms with Crippen LogP contribution >= 0.6 is 0 Å². The van der Waals surface area contributed by atoms with Crippen LogP contribution in [0.1, 0.15) is 5.56 Å². The first kappa shape index (κ1) is 14.9. The molecule has 1 aliphatic heterocycles. The van der Waals surface area contributed by atoms with Gasteiger partial charge in [0.15, 0.2) is 6.79 Å². The molecule has 2 N–H and O–H groups in total. The van der Waals surface area contributed by atoms with Crippen molar-refractivity contribution < 1.29 is 29.0 Å². The Morgan fingerprint density at radius 3 is 2.90 bits per heavy atom. The van der Waals surface area contributed by atoms with E-state index in [-0.39, 0.29) is 6.79 Å².